The van der Waals surface area contributed by atoms with Crippen molar-refractivity contribution in [2.24, 2.45) is 0 Å². The maximum Gasteiger partial charge on any atom is 0.260 e. The van der Waals surface area contributed by atoms with E-state index in [2.05, 4.69) is 25.9 Å². The summed E-state index contributed by atoms with van der Waals surface area (Å²) >= 11 is 4.45. The van der Waals surface area contributed by atoms with E-state index in [4.69, 9.17) is 0 Å². The summed E-state index contributed by atoms with van der Waals surface area (Å²) in [4.78, 5) is 23.0. The molecule has 2 aromatic carbocycles. The molecule has 0 radical (unpaired) electrons. The summed E-state index contributed by atoms with van der Waals surface area (Å²) in [6.07, 6.45) is 5.88. The molecule has 156 valence electrons. The number of hydrogen-bond donors (Lipinski definition) is 0. The molecule has 2 heterocycles. The molecule has 0 fully saturated rings. The molecule has 0 atom stereocenters. The third-order valence-electron chi connectivity index (χ3n) is 4.33. The number of nitrogens with zero attached hydrogens (tertiary/aromatic N) is 4. The normalized spacial score (nSPS) is 10.8. The molecule has 30 heavy (non-hydrogen) atoms. The van der Waals surface area contributed by atoms with E-state index < -0.39 is 11.6 Å². The molecule has 0 saturated heterocycles. The second-order valence-electron chi connectivity index (χ2n) is 6.35. The third-order valence-corrected chi connectivity index (χ3v) is 5.88. The van der Waals surface area contributed by atoms with Crippen LogP contribution in [0.5, 0.6) is 0 Å². The van der Waals surface area contributed by atoms with Gasteiger partial charge < -0.3 is 4.57 Å². The molecule has 2 aromatic heterocycles. The lowest BCUT2D eigenvalue weighted by Crippen LogP contribution is -2.32. The molecule has 5 nitrogen and oxygen atoms in total. The standard InChI is InChI=1S/C20H15BrF2N4OS.ClH/c21-14-4-2-13(3-5-14)19(28)27(8-1-7-26-9-6-24-12-26)20-25-18-16(23)10-15(22)11-17(18)29-20;/h2-6,9-12H,1,7-8H2;1H. The first kappa shape index (κ1) is 22.3. The number of hydrogen-bond acceptors (Lipinski definition) is 4. The second-order valence-corrected chi connectivity index (χ2v) is 8.27. The zero-order valence-electron chi connectivity index (χ0n) is 15.5. The molecule has 0 aliphatic carbocycles. The number of carbonyl (C=O) groups excluding carboxylic acids is 1. The quantitative estimate of drug-likeness (QED) is 0.333. The Kier molecular flexibility index (Phi) is 7.17. The van der Waals surface area contributed by atoms with Crippen molar-refractivity contribution in [3.63, 3.8) is 0 Å². The Morgan fingerprint density at radius 1 is 1.20 bits per heavy atom. The molecule has 1 amide bonds. The number of carbonyl (C=O) groups is 1. The summed E-state index contributed by atoms with van der Waals surface area (Å²) < 4.78 is 30.8. The van der Waals surface area contributed by atoms with Gasteiger partial charge in [0, 0.05) is 41.6 Å². The highest BCUT2D eigenvalue weighted by atomic mass is 79.9. The maximum absolute atomic E-state index is 14.1. The molecule has 10 heteroatoms. The first-order chi connectivity index (χ1) is 14.0. The number of fused-ring (bicyclic) bond motifs is 1. The van der Waals surface area contributed by atoms with Crippen LogP contribution in [0.4, 0.5) is 13.9 Å². The molecule has 4 rings (SSSR count). The second kappa shape index (κ2) is 9.63. The van der Waals surface area contributed by atoms with Crippen LogP contribution in [-0.4, -0.2) is 27.0 Å². The van der Waals surface area contributed by atoms with Crippen LogP contribution in [0.1, 0.15) is 16.8 Å². The first-order valence-electron chi connectivity index (χ1n) is 8.80. The molecule has 4 aromatic rings. The van der Waals surface area contributed by atoms with Gasteiger partial charge in [0.15, 0.2) is 10.9 Å². The summed E-state index contributed by atoms with van der Waals surface area (Å²) in [5, 5.41) is 0.336. The van der Waals surface area contributed by atoms with Crippen molar-refractivity contribution in [2.45, 2.75) is 13.0 Å². The fourth-order valence-corrected chi connectivity index (χ4v) is 4.22. The lowest BCUT2D eigenvalue weighted by Gasteiger charge is -2.20. The summed E-state index contributed by atoms with van der Waals surface area (Å²) in [7, 11) is 0. The fraction of sp³-hybridized carbons (Fsp3) is 0.150. The fourth-order valence-electron chi connectivity index (χ4n) is 2.92. The van der Waals surface area contributed by atoms with Crippen molar-refractivity contribution in [1.82, 2.24) is 14.5 Å². The van der Waals surface area contributed by atoms with Crippen LogP contribution >= 0.6 is 39.7 Å². The number of rotatable bonds is 6. The summed E-state index contributed by atoms with van der Waals surface area (Å²) in [6, 6.07) is 9.01. The SMILES string of the molecule is Cl.O=C(c1ccc(Br)cc1)N(CCCn1ccnc1)c1nc2c(F)cc(F)cc2s1. The molecule has 0 N–H and O–H groups in total. The number of imidazole rings is 1. The molecular formula is C20H16BrClF2N4OS. The van der Waals surface area contributed by atoms with Crippen LogP contribution in [0.25, 0.3) is 10.2 Å². The molecule has 0 saturated carbocycles. The van der Waals surface area contributed by atoms with Crippen molar-refractivity contribution in [3.05, 3.63) is 76.8 Å². The van der Waals surface area contributed by atoms with Crippen LogP contribution in [0.2, 0.25) is 0 Å². The van der Waals surface area contributed by atoms with E-state index in [1.807, 2.05) is 10.8 Å². The number of amides is 1. The van der Waals surface area contributed by atoms with Crippen molar-refractivity contribution >= 4 is 60.9 Å². The van der Waals surface area contributed by atoms with E-state index in [1.165, 1.54) is 11.0 Å². The average Bonchev–Trinajstić information content (AvgIpc) is 3.35. The summed E-state index contributed by atoms with van der Waals surface area (Å²) in [5.41, 5.74) is 0.552. The Balaban J connectivity index is 0.00000256. The molecule has 0 unspecified atom stereocenters. The van der Waals surface area contributed by atoms with Gasteiger partial charge >= 0.3 is 0 Å². The Morgan fingerprint density at radius 3 is 2.67 bits per heavy atom. The Labute approximate surface area is 189 Å². The van der Waals surface area contributed by atoms with Gasteiger partial charge in [-0.2, -0.15) is 0 Å². The van der Waals surface area contributed by atoms with Gasteiger partial charge in [-0.05, 0) is 36.8 Å². The highest BCUT2D eigenvalue weighted by molar-refractivity contribution is 9.10. The predicted octanol–water partition coefficient (Wildman–Crippen LogP) is 5.69. The van der Waals surface area contributed by atoms with Crippen LogP contribution in [0.3, 0.4) is 0 Å². The summed E-state index contributed by atoms with van der Waals surface area (Å²) in [6.45, 7) is 1.04. The van der Waals surface area contributed by atoms with Crippen LogP contribution in [0, 0.1) is 11.6 Å². The van der Waals surface area contributed by atoms with E-state index in [-0.39, 0.29) is 23.8 Å². The lowest BCUT2D eigenvalue weighted by atomic mass is 10.2. The van der Waals surface area contributed by atoms with Crippen molar-refractivity contribution < 1.29 is 13.6 Å². The summed E-state index contributed by atoms with van der Waals surface area (Å²) in [5.74, 6) is -1.66. The number of anilines is 1. The lowest BCUT2D eigenvalue weighted by molar-refractivity contribution is 0.0986. The van der Waals surface area contributed by atoms with E-state index in [0.29, 0.717) is 34.9 Å². The van der Waals surface area contributed by atoms with Crippen LogP contribution in [0.15, 0.2) is 59.6 Å². The number of aryl methyl sites for hydroxylation is 1. The van der Waals surface area contributed by atoms with Crippen molar-refractivity contribution in [1.29, 1.82) is 0 Å². The Hall–Kier alpha value is -2.36. The van der Waals surface area contributed by atoms with E-state index in [1.54, 1.807) is 36.8 Å². The Morgan fingerprint density at radius 2 is 1.97 bits per heavy atom. The van der Waals surface area contributed by atoms with Crippen LogP contribution < -0.4 is 4.90 Å². The molecule has 0 aliphatic heterocycles. The largest absolute Gasteiger partial charge is 0.337 e. The highest BCUT2D eigenvalue weighted by Gasteiger charge is 2.22. The number of benzene rings is 2. The van der Waals surface area contributed by atoms with Gasteiger partial charge in [-0.25, -0.2) is 18.7 Å². The van der Waals surface area contributed by atoms with Crippen LogP contribution in [-0.2, 0) is 6.54 Å². The minimum Gasteiger partial charge on any atom is -0.337 e. The minimum absolute atomic E-state index is 0. The van der Waals surface area contributed by atoms with Gasteiger partial charge in [-0.15, -0.1) is 12.4 Å². The minimum atomic E-state index is -0.739. The topological polar surface area (TPSA) is 51.0 Å². The van der Waals surface area contributed by atoms with Gasteiger partial charge in [-0.3, -0.25) is 9.69 Å². The van der Waals surface area contributed by atoms with Gasteiger partial charge in [0.05, 0.1) is 11.0 Å². The average molecular weight is 514 g/mol. The number of halogens is 4. The Bertz CT molecular complexity index is 1150. The maximum atomic E-state index is 14.1. The van der Waals surface area contributed by atoms with Crippen molar-refractivity contribution in [3.8, 4) is 0 Å². The number of thiazole rings is 1. The molecular weight excluding hydrogens is 498 g/mol. The molecule has 0 aliphatic rings. The van der Waals surface area contributed by atoms with Gasteiger partial charge in [0.2, 0.25) is 0 Å². The zero-order valence-corrected chi connectivity index (χ0v) is 18.7. The third kappa shape index (κ3) is 4.85. The highest BCUT2D eigenvalue weighted by Crippen LogP contribution is 2.32. The van der Waals surface area contributed by atoms with Crippen molar-refractivity contribution in [2.75, 3.05) is 11.4 Å². The predicted molar refractivity (Wildman–Crippen MR) is 119 cm³/mol. The first-order valence-corrected chi connectivity index (χ1v) is 10.4. The van der Waals surface area contributed by atoms with E-state index in [9.17, 15) is 13.6 Å². The van der Waals surface area contributed by atoms with Gasteiger partial charge in [0.25, 0.3) is 5.91 Å². The molecule has 0 spiro atoms. The molecule has 0 bridgehead atoms. The zero-order chi connectivity index (χ0) is 20.4. The number of aromatic nitrogens is 3. The smallest absolute Gasteiger partial charge is 0.260 e. The van der Waals surface area contributed by atoms with Gasteiger partial charge in [0.1, 0.15) is 11.3 Å². The monoisotopic (exact) mass is 512 g/mol. The van der Waals surface area contributed by atoms with E-state index >= 15 is 0 Å². The van der Waals surface area contributed by atoms with E-state index in [0.717, 1.165) is 21.9 Å². The van der Waals surface area contributed by atoms with Gasteiger partial charge in [-0.1, -0.05) is 27.3 Å².